The fourth-order valence-electron chi connectivity index (χ4n) is 6.10. The lowest BCUT2D eigenvalue weighted by Gasteiger charge is -2.54. The van der Waals surface area contributed by atoms with Gasteiger partial charge in [0, 0.05) is 48.9 Å². The van der Waals surface area contributed by atoms with Crippen molar-refractivity contribution in [3.63, 3.8) is 0 Å². The number of hydrogen-bond acceptors (Lipinski definition) is 8. The number of morpholine rings is 2. The summed E-state index contributed by atoms with van der Waals surface area (Å²) in [6.45, 7) is 6.47. The molecule has 2 aliphatic heterocycles. The van der Waals surface area contributed by atoms with Crippen LogP contribution in [0, 0.1) is 22.7 Å². The third-order valence-corrected chi connectivity index (χ3v) is 7.73. The molecule has 1 saturated carbocycles. The number of fused-ring (bicyclic) bond motifs is 2. The first-order chi connectivity index (χ1) is 14.0. The Morgan fingerprint density at radius 2 is 1.17 bits per heavy atom. The topological polar surface area (TPSA) is 105 Å². The number of aliphatic carboxylic acids is 2. The average molecular weight is 406 g/mol. The summed E-state index contributed by atoms with van der Waals surface area (Å²) in [6.07, 6.45) is 4.87. The minimum Gasteiger partial charge on any atom is -0.549 e. The van der Waals surface area contributed by atoms with Gasteiger partial charge in [0.05, 0.1) is 26.4 Å². The zero-order valence-corrected chi connectivity index (χ0v) is 16.8. The van der Waals surface area contributed by atoms with E-state index in [-0.39, 0.29) is 24.7 Å². The molecule has 3 fully saturated rings. The van der Waals surface area contributed by atoms with Gasteiger partial charge in [-0.05, 0) is 44.2 Å². The van der Waals surface area contributed by atoms with E-state index in [4.69, 9.17) is 9.47 Å². The van der Waals surface area contributed by atoms with Gasteiger partial charge in [-0.2, -0.15) is 0 Å². The number of rotatable bonds is 8. The summed E-state index contributed by atoms with van der Waals surface area (Å²) in [5.74, 6) is -3.12. The first kappa shape index (κ1) is 20.8. The number of hydrogen-bond donors (Lipinski definition) is 0. The number of allylic oxidation sites excluding steroid dienone is 2. The zero-order valence-electron chi connectivity index (χ0n) is 16.8. The molecule has 4 aliphatic rings. The molecule has 2 bridgehead atoms. The Balaban J connectivity index is 1.61. The lowest BCUT2D eigenvalue weighted by atomic mass is 9.54. The minimum absolute atomic E-state index is 0.262. The van der Waals surface area contributed by atoms with Gasteiger partial charge in [0.25, 0.3) is 0 Å². The second kappa shape index (κ2) is 8.34. The van der Waals surface area contributed by atoms with Gasteiger partial charge in [0.2, 0.25) is 0 Å². The van der Waals surface area contributed by atoms with Gasteiger partial charge < -0.3 is 29.3 Å². The minimum atomic E-state index is -1.43. The summed E-state index contributed by atoms with van der Waals surface area (Å²) in [5.41, 5.74) is -2.87. The van der Waals surface area contributed by atoms with Crippen LogP contribution in [0.3, 0.4) is 0 Å². The molecule has 0 spiro atoms. The van der Waals surface area contributed by atoms with Gasteiger partial charge >= 0.3 is 0 Å². The maximum absolute atomic E-state index is 12.6. The number of carbonyl (C=O) groups excluding carboxylic acids is 2. The van der Waals surface area contributed by atoms with Crippen molar-refractivity contribution in [1.82, 2.24) is 9.80 Å². The molecule has 2 saturated heterocycles. The molecule has 4 rings (SSSR count). The summed E-state index contributed by atoms with van der Waals surface area (Å²) in [4.78, 5) is 29.6. The first-order valence-electron chi connectivity index (χ1n) is 10.7. The summed E-state index contributed by atoms with van der Waals surface area (Å²) in [7, 11) is 0. The highest BCUT2D eigenvalue weighted by Crippen LogP contribution is 2.66. The van der Waals surface area contributed by atoms with Gasteiger partial charge in [-0.15, -0.1) is 0 Å². The molecular weight excluding hydrogens is 376 g/mol. The van der Waals surface area contributed by atoms with E-state index in [1.807, 2.05) is 12.2 Å². The molecule has 4 unspecified atom stereocenters. The zero-order chi connectivity index (χ0) is 20.5. The Hall–Kier alpha value is -1.48. The molecular formula is C21H30N2O6-2. The molecule has 8 heteroatoms. The quantitative estimate of drug-likeness (QED) is 0.431. The maximum Gasteiger partial charge on any atom is 0.0594 e. The highest BCUT2D eigenvalue weighted by molar-refractivity contribution is 5.87. The van der Waals surface area contributed by atoms with Gasteiger partial charge in [-0.3, -0.25) is 9.80 Å². The highest BCUT2D eigenvalue weighted by atomic mass is 16.5. The second-order valence-corrected chi connectivity index (χ2v) is 8.76. The van der Waals surface area contributed by atoms with Crippen molar-refractivity contribution in [2.45, 2.75) is 19.3 Å². The van der Waals surface area contributed by atoms with Crippen LogP contribution in [-0.2, 0) is 19.1 Å². The lowest BCUT2D eigenvalue weighted by Crippen LogP contribution is -2.64. The molecule has 0 amide bonds. The van der Waals surface area contributed by atoms with Gasteiger partial charge in [0.15, 0.2) is 0 Å². The Morgan fingerprint density at radius 3 is 1.52 bits per heavy atom. The molecule has 162 valence electrons. The van der Waals surface area contributed by atoms with Crippen LogP contribution in [-0.4, -0.2) is 87.4 Å². The molecule has 2 heterocycles. The van der Waals surface area contributed by atoms with Crippen LogP contribution in [0.25, 0.3) is 0 Å². The number of ether oxygens (including phenoxy) is 2. The smallest absolute Gasteiger partial charge is 0.0594 e. The van der Waals surface area contributed by atoms with Gasteiger partial charge in [0.1, 0.15) is 0 Å². The van der Waals surface area contributed by atoms with Crippen molar-refractivity contribution in [3.05, 3.63) is 12.2 Å². The summed E-state index contributed by atoms with van der Waals surface area (Å²) in [5, 5.41) is 25.3. The van der Waals surface area contributed by atoms with Crippen molar-refractivity contribution >= 4 is 11.9 Å². The van der Waals surface area contributed by atoms with E-state index in [2.05, 4.69) is 9.80 Å². The second-order valence-electron chi connectivity index (χ2n) is 8.76. The number of carboxylic acids is 2. The van der Waals surface area contributed by atoms with E-state index < -0.39 is 22.8 Å². The van der Waals surface area contributed by atoms with Gasteiger partial charge in [-0.1, -0.05) is 12.2 Å². The molecule has 8 nitrogen and oxygen atoms in total. The molecule has 0 aromatic heterocycles. The van der Waals surface area contributed by atoms with Crippen LogP contribution in [0.1, 0.15) is 19.3 Å². The standard InChI is InChI=1S/C21H32N2O6/c24-18(25)20(3-5-22-7-11-28-12-8-22)16-1-2-17(15-16)21(20,19(26)27)4-6-23-9-13-29-14-10-23/h1-2,16-17H,3-15H2,(H,24,25)(H,26,27)/p-2. The fourth-order valence-corrected chi connectivity index (χ4v) is 6.10. The largest absolute Gasteiger partial charge is 0.549 e. The van der Waals surface area contributed by atoms with Gasteiger partial charge in [-0.25, -0.2) is 0 Å². The van der Waals surface area contributed by atoms with Crippen molar-refractivity contribution in [3.8, 4) is 0 Å². The normalized spacial score (nSPS) is 37.8. The van der Waals surface area contributed by atoms with Crippen LogP contribution in [0.2, 0.25) is 0 Å². The SMILES string of the molecule is O=C([O-])C1(CCN2CCOCC2)C2C=CC(C2)C1(CCN1CCOCC1)C(=O)[O-]. The summed E-state index contributed by atoms with van der Waals surface area (Å²) < 4.78 is 10.8. The summed E-state index contributed by atoms with van der Waals surface area (Å²) >= 11 is 0. The third kappa shape index (κ3) is 3.40. The third-order valence-electron chi connectivity index (χ3n) is 7.73. The Labute approximate surface area is 171 Å². The molecule has 0 aromatic rings. The average Bonchev–Trinajstić information content (AvgIpc) is 3.32. The van der Waals surface area contributed by atoms with Crippen molar-refractivity contribution < 1.29 is 29.3 Å². The Kier molecular flexibility index (Phi) is 5.97. The summed E-state index contributed by atoms with van der Waals surface area (Å²) in [6, 6.07) is 0. The fraction of sp³-hybridized carbons (Fsp3) is 0.810. The van der Waals surface area contributed by atoms with Crippen molar-refractivity contribution in [2.75, 3.05) is 65.7 Å². The first-order valence-corrected chi connectivity index (χ1v) is 10.7. The maximum atomic E-state index is 12.6. The van der Waals surface area contributed by atoms with Crippen LogP contribution in [0.15, 0.2) is 12.2 Å². The number of nitrogens with zero attached hydrogens (tertiary/aromatic N) is 2. The van der Waals surface area contributed by atoms with Crippen LogP contribution in [0.4, 0.5) is 0 Å². The van der Waals surface area contributed by atoms with Crippen LogP contribution in [0.5, 0.6) is 0 Å². The van der Waals surface area contributed by atoms with E-state index >= 15 is 0 Å². The molecule has 4 atom stereocenters. The van der Waals surface area contributed by atoms with Crippen LogP contribution < -0.4 is 10.2 Å². The van der Waals surface area contributed by atoms with E-state index in [1.54, 1.807) is 0 Å². The van der Waals surface area contributed by atoms with E-state index in [1.165, 1.54) is 0 Å². The van der Waals surface area contributed by atoms with E-state index in [9.17, 15) is 19.8 Å². The van der Waals surface area contributed by atoms with E-state index in [0.29, 0.717) is 45.9 Å². The highest BCUT2D eigenvalue weighted by Gasteiger charge is 2.66. The number of carbonyl (C=O) groups is 2. The molecule has 29 heavy (non-hydrogen) atoms. The molecule has 0 N–H and O–H groups in total. The molecule has 0 aromatic carbocycles. The van der Waals surface area contributed by atoms with Crippen molar-refractivity contribution in [1.29, 1.82) is 0 Å². The van der Waals surface area contributed by atoms with Crippen molar-refractivity contribution in [2.24, 2.45) is 22.7 Å². The molecule has 0 radical (unpaired) electrons. The Morgan fingerprint density at radius 1 is 0.793 bits per heavy atom. The Bertz CT molecular complexity index is 604. The predicted octanol–water partition coefficient (Wildman–Crippen LogP) is -1.89. The molecule has 2 aliphatic carbocycles. The predicted molar refractivity (Wildman–Crippen MR) is 99.4 cm³/mol. The monoisotopic (exact) mass is 406 g/mol. The number of carboxylic acid groups (broad SMARTS) is 2. The van der Waals surface area contributed by atoms with E-state index in [0.717, 1.165) is 26.2 Å². The lowest BCUT2D eigenvalue weighted by molar-refractivity contribution is -0.348. The van der Waals surface area contributed by atoms with Crippen LogP contribution >= 0.6 is 0 Å².